The van der Waals surface area contributed by atoms with Gasteiger partial charge in [-0.2, -0.15) is 4.31 Å². The van der Waals surface area contributed by atoms with Crippen LogP contribution in [0.25, 0.3) is 11.3 Å². The van der Waals surface area contributed by atoms with E-state index < -0.39 is 20.6 Å². The lowest BCUT2D eigenvalue weighted by Crippen LogP contribution is -2.48. The lowest BCUT2D eigenvalue weighted by Gasteiger charge is -2.33. The van der Waals surface area contributed by atoms with E-state index in [1.54, 1.807) is 14.2 Å². The average molecular weight is 525 g/mol. The van der Waals surface area contributed by atoms with Crippen molar-refractivity contribution in [2.24, 2.45) is 0 Å². The fourth-order valence-corrected chi connectivity index (χ4v) is 6.12. The summed E-state index contributed by atoms with van der Waals surface area (Å²) in [5.74, 6) is 1.24. The van der Waals surface area contributed by atoms with Gasteiger partial charge < -0.3 is 14.4 Å². The summed E-state index contributed by atoms with van der Waals surface area (Å²) in [5.41, 5.74) is 1.22. The molecule has 0 N–H and O–H groups in total. The zero-order chi connectivity index (χ0) is 24.5. The van der Waals surface area contributed by atoms with Crippen molar-refractivity contribution < 1.29 is 22.8 Å². The van der Waals surface area contributed by atoms with Gasteiger partial charge >= 0.3 is 0 Å². The normalized spacial score (nSPS) is 14.7. The Morgan fingerprint density at radius 2 is 1.76 bits per heavy atom. The average Bonchev–Trinajstić information content (AvgIpc) is 3.34. The molecule has 0 unspecified atom stereocenters. The zero-order valence-electron chi connectivity index (χ0n) is 18.3. The van der Waals surface area contributed by atoms with Crippen molar-refractivity contribution in [1.29, 1.82) is 0 Å². The van der Waals surface area contributed by atoms with Crippen LogP contribution in [0.15, 0.2) is 46.7 Å². The van der Waals surface area contributed by atoms with Gasteiger partial charge in [-0.05, 0) is 30.3 Å². The molecule has 0 amide bonds. The van der Waals surface area contributed by atoms with Crippen molar-refractivity contribution in [2.75, 3.05) is 45.3 Å². The quantitative estimate of drug-likeness (QED) is 0.337. The van der Waals surface area contributed by atoms with Gasteiger partial charge in [0.25, 0.3) is 5.69 Å². The maximum absolute atomic E-state index is 13.0. The number of rotatable bonds is 7. The molecular formula is C21H21ClN4O6S2. The first-order valence-corrected chi connectivity index (χ1v) is 12.8. The molecule has 1 aliphatic rings. The molecule has 2 heterocycles. The molecule has 0 bridgehead atoms. The second kappa shape index (κ2) is 9.74. The van der Waals surface area contributed by atoms with Crippen LogP contribution in [-0.2, 0) is 10.0 Å². The van der Waals surface area contributed by atoms with E-state index >= 15 is 0 Å². The number of benzene rings is 2. The van der Waals surface area contributed by atoms with Crippen molar-refractivity contribution in [3.63, 3.8) is 0 Å². The van der Waals surface area contributed by atoms with Gasteiger partial charge in [0.15, 0.2) is 16.6 Å². The van der Waals surface area contributed by atoms with Gasteiger partial charge in [-0.3, -0.25) is 10.1 Å². The molecule has 0 radical (unpaired) electrons. The van der Waals surface area contributed by atoms with E-state index in [0.717, 1.165) is 22.5 Å². The largest absolute Gasteiger partial charge is 0.493 e. The number of sulfonamides is 1. The maximum Gasteiger partial charge on any atom is 0.289 e. The van der Waals surface area contributed by atoms with Crippen molar-refractivity contribution >= 4 is 43.8 Å². The van der Waals surface area contributed by atoms with Crippen LogP contribution in [0.3, 0.4) is 0 Å². The van der Waals surface area contributed by atoms with Gasteiger partial charge in [0, 0.05) is 43.2 Å². The van der Waals surface area contributed by atoms with Crippen LogP contribution in [0.4, 0.5) is 10.8 Å². The number of thiazole rings is 1. The molecule has 13 heteroatoms. The van der Waals surface area contributed by atoms with Gasteiger partial charge in [0.2, 0.25) is 10.0 Å². The van der Waals surface area contributed by atoms with Crippen LogP contribution < -0.4 is 14.4 Å². The van der Waals surface area contributed by atoms with Crippen LogP contribution in [0.5, 0.6) is 11.5 Å². The topological polar surface area (TPSA) is 115 Å². The Labute approximate surface area is 205 Å². The van der Waals surface area contributed by atoms with Crippen LogP contribution >= 0.6 is 22.9 Å². The molecule has 1 aromatic heterocycles. The molecule has 0 saturated carbocycles. The number of aromatic nitrogens is 1. The molecule has 1 saturated heterocycles. The molecule has 180 valence electrons. The summed E-state index contributed by atoms with van der Waals surface area (Å²) < 4.78 is 38.0. The fourth-order valence-electron chi connectivity index (χ4n) is 3.60. The van der Waals surface area contributed by atoms with Gasteiger partial charge in [-0.1, -0.05) is 11.6 Å². The smallest absolute Gasteiger partial charge is 0.289 e. The fraction of sp³-hybridized carbons (Fsp3) is 0.286. The van der Waals surface area contributed by atoms with Crippen molar-refractivity contribution in [2.45, 2.75) is 4.90 Å². The van der Waals surface area contributed by atoms with Gasteiger partial charge in [0.05, 0.1) is 29.7 Å². The minimum Gasteiger partial charge on any atom is -0.493 e. The number of nitro benzene ring substituents is 1. The van der Waals surface area contributed by atoms with E-state index in [9.17, 15) is 18.5 Å². The minimum absolute atomic E-state index is 0.108. The molecule has 34 heavy (non-hydrogen) atoms. The Hall–Kier alpha value is -2.93. The monoisotopic (exact) mass is 524 g/mol. The molecule has 4 rings (SSSR count). The first kappa shape index (κ1) is 24.2. The molecule has 10 nitrogen and oxygen atoms in total. The summed E-state index contributed by atoms with van der Waals surface area (Å²) >= 11 is 7.29. The Bertz CT molecular complexity index is 1320. The second-order valence-electron chi connectivity index (χ2n) is 7.35. The van der Waals surface area contributed by atoms with Crippen LogP contribution in [0, 0.1) is 10.1 Å². The summed E-state index contributed by atoms with van der Waals surface area (Å²) in [4.78, 5) is 17.0. The SMILES string of the molecule is COc1ccc(-c2csc(N3CCN(S(=O)(=O)c4ccc(Cl)c([N+](=O)[O-])c4)CC3)n2)cc1OC. The highest BCUT2D eigenvalue weighted by Crippen LogP contribution is 2.35. The van der Waals surface area contributed by atoms with Crippen molar-refractivity contribution in [3.8, 4) is 22.8 Å². The lowest BCUT2D eigenvalue weighted by molar-refractivity contribution is -0.384. The Balaban J connectivity index is 1.47. The third-order valence-electron chi connectivity index (χ3n) is 5.43. The molecule has 0 atom stereocenters. The highest BCUT2D eigenvalue weighted by Gasteiger charge is 2.31. The number of nitro groups is 1. The first-order valence-electron chi connectivity index (χ1n) is 10.1. The minimum atomic E-state index is -3.89. The molecule has 3 aromatic rings. The van der Waals surface area contributed by atoms with E-state index in [4.69, 9.17) is 26.1 Å². The molecule has 1 aliphatic heterocycles. The number of nitrogens with zero attached hydrogens (tertiary/aromatic N) is 4. The zero-order valence-corrected chi connectivity index (χ0v) is 20.7. The molecule has 2 aromatic carbocycles. The summed E-state index contributed by atoms with van der Waals surface area (Å²) in [7, 11) is -0.743. The van der Waals surface area contributed by atoms with Crippen molar-refractivity contribution in [3.05, 3.63) is 56.9 Å². The maximum atomic E-state index is 13.0. The number of hydrogen-bond acceptors (Lipinski definition) is 9. The number of ether oxygens (including phenoxy) is 2. The molecule has 0 spiro atoms. The lowest BCUT2D eigenvalue weighted by atomic mass is 10.1. The second-order valence-corrected chi connectivity index (χ2v) is 10.5. The number of methoxy groups -OCH3 is 2. The standard InChI is InChI=1S/C21H21ClN4O6S2/c1-31-19-6-3-14(11-20(19)32-2)17-13-33-21(23-17)24-7-9-25(10-8-24)34(29,30)15-4-5-16(22)18(12-15)26(27)28/h3-6,11-13H,7-10H2,1-2H3. The summed E-state index contributed by atoms with van der Waals surface area (Å²) in [5, 5.41) is 13.7. The van der Waals surface area contributed by atoms with E-state index in [2.05, 4.69) is 0 Å². The molecular weight excluding hydrogens is 504 g/mol. The summed E-state index contributed by atoms with van der Waals surface area (Å²) in [6.45, 7) is 1.33. The predicted molar refractivity (Wildman–Crippen MR) is 130 cm³/mol. The van der Waals surface area contributed by atoms with E-state index in [1.807, 2.05) is 28.5 Å². The van der Waals surface area contributed by atoms with Crippen molar-refractivity contribution in [1.82, 2.24) is 9.29 Å². The molecule has 1 fully saturated rings. The summed E-state index contributed by atoms with van der Waals surface area (Å²) in [6, 6.07) is 9.09. The van der Waals surface area contributed by atoms with E-state index in [1.165, 1.54) is 27.8 Å². The predicted octanol–water partition coefficient (Wildman–Crippen LogP) is 3.90. The number of hydrogen-bond donors (Lipinski definition) is 0. The summed E-state index contributed by atoms with van der Waals surface area (Å²) in [6.07, 6.45) is 0. The van der Waals surface area contributed by atoms with E-state index in [0.29, 0.717) is 24.6 Å². The van der Waals surface area contributed by atoms with Crippen LogP contribution in [0.1, 0.15) is 0 Å². The van der Waals surface area contributed by atoms with Gasteiger partial charge in [-0.25, -0.2) is 13.4 Å². The Kier molecular flexibility index (Phi) is 6.94. The van der Waals surface area contributed by atoms with Gasteiger partial charge in [0.1, 0.15) is 5.02 Å². The third kappa shape index (κ3) is 4.67. The number of piperazine rings is 1. The van der Waals surface area contributed by atoms with Crippen LogP contribution in [0.2, 0.25) is 5.02 Å². The first-order chi connectivity index (χ1) is 16.2. The number of anilines is 1. The van der Waals surface area contributed by atoms with E-state index in [-0.39, 0.29) is 23.0 Å². The Morgan fingerprint density at radius 3 is 2.41 bits per heavy atom. The Morgan fingerprint density at radius 1 is 1.06 bits per heavy atom. The van der Waals surface area contributed by atoms with Crippen LogP contribution in [-0.4, -0.2) is 63.0 Å². The van der Waals surface area contributed by atoms with Gasteiger partial charge in [-0.15, -0.1) is 11.3 Å². The highest BCUT2D eigenvalue weighted by atomic mass is 35.5. The third-order valence-corrected chi connectivity index (χ3v) is 8.55. The molecule has 0 aliphatic carbocycles. The highest BCUT2D eigenvalue weighted by molar-refractivity contribution is 7.89. The number of halogens is 1.